The highest BCUT2D eigenvalue weighted by molar-refractivity contribution is 5.69. The Balaban J connectivity index is 2.37. The van der Waals surface area contributed by atoms with Gasteiger partial charge in [0.05, 0.1) is 20.1 Å². The fraction of sp³-hybridized carbons (Fsp3) is 0.923. The molecule has 17 heavy (non-hydrogen) atoms. The molecule has 0 atom stereocenters. The van der Waals surface area contributed by atoms with Crippen LogP contribution in [0.5, 0.6) is 0 Å². The Bertz CT molecular complexity index is 215. The van der Waals surface area contributed by atoms with Crippen molar-refractivity contribution in [3.05, 3.63) is 0 Å². The minimum Gasteiger partial charge on any atom is -0.469 e. The zero-order chi connectivity index (χ0) is 12.5. The molecule has 0 N–H and O–H groups in total. The van der Waals surface area contributed by atoms with Crippen molar-refractivity contribution in [2.45, 2.75) is 44.6 Å². The van der Waals surface area contributed by atoms with Gasteiger partial charge in [-0.15, -0.1) is 0 Å². The maximum atomic E-state index is 11.2. The summed E-state index contributed by atoms with van der Waals surface area (Å²) in [4.78, 5) is 13.6. The third-order valence-corrected chi connectivity index (χ3v) is 3.50. The molecule has 100 valence electrons. The van der Waals surface area contributed by atoms with Crippen LogP contribution >= 0.6 is 0 Å². The highest BCUT2D eigenvalue weighted by Gasteiger charge is 2.21. The Morgan fingerprint density at radius 2 is 1.88 bits per heavy atom. The molecule has 1 aliphatic rings. The molecule has 0 spiro atoms. The topological polar surface area (TPSA) is 38.8 Å². The quantitative estimate of drug-likeness (QED) is 0.639. The highest BCUT2D eigenvalue weighted by Crippen LogP contribution is 2.22. The largest absolute Gasteiger partial charge is 0.469 e. The van der Waals surface area contributed by atoms with Crippen molar-refractivity contribution in [1.29, 1.82) is 0 Å². The molecule has 0 aromatic rings. The average molecular weight is 243 g/mol. The van der Waals surface area contributed by atoms with E-state index in [9.17, 15) is 4.79 Å². The van der Waals surface area contributed by atoms with E-state index < -0.39 is 0 Å². The van der Waals surface area contributed by atoms with Gasteiger partial charge in [-0.2, -0.15) is 0 Å². The van der Waals surface area contributed by atoms with E-state index in [4.69, 9.17) is 9.47 Å². The van der Waals surface area contributed by atoms with E-state index in [0.29, 0.717) is 12.5 Å². The number of ether oxygens (including phenoxy) is 2. The van der Waals surface area contributed by atoms with Gasteiger partial charge in [-0.25, -0.2) is 0 Å². The number of hydrogen-bond donors (Lipinski definition) is 0. The lowest BCUT2D eigenvalue weighted by Crippen LogP contribution is -2.40. The number of hydrogen-bond acceptors (Lipinski definition) is 4. The van der Waals surface area contributed by atoms with Crippen LogP contribution in [-0.2, 0) is 14.3 Å². The van der Waals surface area contributed by atoms with Gasteiger partial charge >= 0.3 is 5.97 Å². The van der Waals surface area contributed by atoms with Crippen molar-refractivity contribution < 1.29 is 14.3 Å². The van der Waals surface area contributed by atoms with E-state index in [2.05, 4.69) is 4.90 Å². The summed E-state index contributed by atoms with van der Waals surface area (Å²) < 4.78 is 9.83. The molecule has 0 aromatic carbocycles. The second-order valence-corrected chi connectivity index (χ2v) is 4.65. The molecule has 0 heterocycles. The highest BCUT2D eigenvalue weighted by atomic mass is 16.5. The van der Waals surface area contributed by atoms with E-state index >= 15 is 0 Å². The molecule has 1 aliphatic carbocycles. The van der Waals surface area contributed by atoms with Crippen molar-refractivity contribution in [1.82, 2.24) is 4.90 Å². The number of rotatable bonds is 7. The van der Waals surface area contributed by atoms with Crippen LogP contribution in [0.3, 0.4) is 0 Å². The lowest BCUT2D eigenvalue weighted by Gasteiger charge is -2.33. The molecule has 0 aromatic heterocycles. The van der Waals surface area contributed by atoms with Gasteiger partial charge < -0.3 is 9.47 Å². The summed E-state index contributed by atoms with van der Waals surface area (Å²) in [7, 11) is 3.17. The van der Waals surface area contributed by atoms with Gasteiger partial charge in [0.15, 0.2) is 0 Å². The summed E-state index contributed by atoms with van der Waals surface area (Å²) in [6, 6.07) is 0.628. The molecule has 0 saturated heterocycles. The van der Waals surface area contributed by atoms with Gasteiger partial charge in [-0.3, -0.25) is 9.69 Å². The van der Waals surface area contributed by atoms with Gasteiger partial charge in [-0.1, -0.05) is 19.3 Å². The van der Waals surface area contributed by atoms with Gasteiger partial charge in [0.1, 0.15) is 0 Å². The van der Waals surface area contributed by atoms with Crippen LogP contribution < -0.4 is 0 Å². The predicted molar refractivity (Wildman–Crippen MR) is 67.0 cm³/mol. The lowest BCUT2D eigenvalue weighted by atomic mass is 9.94. The fourth-order valence-corrected chi connectivity index (χ4v) is 2.47. The molecule has 1 rings (SSSR count). The van der Waals surface area contributed by atoms with E-state index in [0.717, 1.165) is 19.7 Å². The van der Waals surface area contributed by atoms with Crippen molar-refractivity contribution in [2.75, 3.05) is 33.9 Å². The van der Waals surface area contributed by atoms with Crippen molar-refractivity contribution in [2.24, 2.45) is 0 Å². The molecule has 1 saturated carbocycles. The predicted octanol–water partition coefficient (Wildman–Crippen LogP) is 1.83. The molecular weight excluding hydrogens is 218 g/mol. The summed E-state index contributed by atoms with van der Waals surface area (Å²) in [5.41, 5.74) is 0. The number of carbonyl (C=O) groups is 1. The Labute approximate surface area is 104 Å². The number of nitrogens with zero attached hydrogens (tertiary/aromatic N) is 1. The molecule has 0 amide bonds. The van der Waals surface area contributed by atoms with E-state index in [1.165, 1.54) is 39.2 Å². The zero-order valence-electron chi connectivity index (χ0n) is 11.1. The number of carbonyl (C=O) groups excluding carboxylic acids is 1. The van der Waals surface area contributed by atoms with Crippen molar-refractivity contribution >= 4 is 5.97 Å². The molecule has 4 nitrogen and oxygen atoms in total. The fourth-order valence-electron chi connectivity index (χ4n) is 2.47. The van der Waals surface area contributed by atoms with E-state index in [1.807, 2.05) is 0 Å². The smallest absolute Gasteiger partial charge is 0.306 e. The second-order valence-electron chi connectivity index (χ2n) is 4.65. The van der Waals surface area contributed by atoms with Crippen molar-refractivity contribution in [3.8, 4) is 0 Å². The third-order valence-electron chi connectivity index (χ3n) is 3.50. The minimum atomic E-state index is -0.122. The molecule has 0 unspecified atom stereocenters. The normalized spacial score (nSPS) is 17.4. The van der Waals surface area contributed by atoms with Crippen LogP contribution in [0, 0.1) is 0 Å². The molecule has 1 fully saturated rings. The third kappa shape index (κ3) is 5.50. The standard InChI is InChI=1S/C13H25NO3/c1-16-11-10-14(9-8-13(15)17-2)12-6-4-3-5-7-12/h12H,3-11H2,1-2H3. The first kappa shape index (κ1) is 14.5. The summed E-state index contributed by atoms with van der Waals surface area (Å²) >= 11 is 0. The minimum absolute atomic E-state index is 0.122. The van der Waals surface area contributed by atoms with E-state index in [-0.39, 0.29) is 5.97 Å². The van der Waals surface area contributed by atoms with Crippen LogP contribution in [0.1, 0.15) is 38.5 Å². The summed E-state index contributed by atoms with van der Waals surface area (Å²) in [5.74, 6) is -0.122. The summed E-state index contributed by atoms with van der Waals surface area (Å²) in [6.07, 6.45) is 6.97. The Hall–Kier alpha value is -0.610. The van der Waals surface area contributed by atoms with Crippen LogP contribution in [0.2, 0.25) is 0 Å². The SMILES string of the molecule is COCCN(CCC(=O)OC)C1CCCCC1. The first-order valence-electron chi connectivity index (χ1n) is 6.57. The first-order valence-corrected chi connectivity index (χ1v) is 6.57. The average Bonchev–Trinajstić information content (AvgIpc) is 2.39. The maximum Gasteiger partial charge on any atom is 0.306 e. The van der Waals surface area contributed by atoms with Gasteiger partial charge in [0, 0.05) is 26.2 Å². The molecule has 0 bridgehead atoms. The van der Waals surface area contributed by atoms with Crippen LogP contribution in [0.25, 0.3) is 0 Å². The van der Waals surface area contributed by atoms with Crippen molar-refractivity contribution in [3.63, 3.8) is 0 Å². The maximum absolute atomic E-state index is 11.2. The first-order chi connectivity index (χ1) is 8.27. The molecule has 0 radical (unpaired) electrons. The second kappa shape index (κ2) is 8.48. The van der Waals surface area contributed by atoms with Crippen LogP contribution in [0.15, 0.2) is 0 Å². The Kier molecular flexibility index (Phi) is 7.21. The van der Waals surface area contributed by atoms with Gasteiger partial charge in [0.25, 0.3) is 0 Å². The van der Waals surface area contributed by atoms with E-state index in [1.54, 1.807) is 7.11 Å². The monoisotopic (exact) mass is 243 g/mol. The molecular formula is C13H25NO3. The van der Waals surface area contributed by atoms with Gasteiger partial charge in [0.2, 0.25) is 0 Å². The zero-order valence-corrected chi connectivity index (χ0v) is 11.1. The Morgan fingerprint density at radius 3 is 2.47 bits per heavy atom. The molecule has 4 heteroatoms. The van der Waals surface area contributed by atoms with Gasteiger partial charge in [-0.05, 0) is 12.8 Å². The number of methoxy groups -OCH3 is 2. The summed E-state index contributed by atoms with van der Waals surface area (Å²) in [6.45, 7) is 2.44. The molecule has 0 aliphatic heterocycles. The lowest BCUT2D eigenvalue weighted by molar-refractivity contribution is -0.141. The Morgan fingerprint density at radius 1 is 1.18 bits per heavy atom. The van der Waals surface area contributed by atoms with Crippen LogP contribution in [0.4, 0.5) is 0 Å². The van der Waals surface area contributed by atoms with Crippen LogP contribution in [-0.4, -0.2) is 50.8 Å². The summed E-state index contributed by atoms with van der Waals surface area (Å²) in [5, 5.41) is 0. The number of esters is 1.